The molecule has 0 bridgehead atoms. The van der Waals surface area contributed by atoms with Crippen LogP contribution in [0.25, 0.3) is 0 Å². The molecule has 192 valence electrons. The summed E-state index contributed by atoms with van der Waals surface area (Å²) in [7, 11) is 0. The number of hydrogen-bond donors (Lipinski definition) is 2. The number of hydrogen-bond acceptors (Lipinski definition) is 2. The van der Waals surface area contributed by atoms with Crippen molar-refractivity contribution in [2.24, 2.45) is 0 Å². The quantitative estimate of drug-likeness (QED) is 0.125. The molecule has 0 saturated heterocycles. The summed E-state index contributed by atoms with van der Waals surface area (Å²) in [6.07, 6.45) is -2.37. The zero-order valence-corrected chi connectivity index (χ0v) is 20.7. The van der Waals surface area contributed by atoms with Crippen molar-refractivity contribution < 1.29 is 17.6 Å². The van der Waals surface area contributed by atoms with Gasteiger partial charge in [0.2, 0.25) is 0 Å². The van der Waals surface area contributed by atoms with Crippen molar-refractivity contribution in [3.8, 4) is 0 Å². The van der Waals surface area contributed by atoms with Gasteiger partial charge in [-0.3, -0.25) is 4.57 Å². The average Bonchev–Trinajstić information content (AvgIpc) is 3.28. The van der Waals surface area contributed by atoms with E-state index in [0.717, 1.165) is 16.7 Å². The predicted molar refractivity (Wildman–Crippen MR) is 140 cm³/mol. The first-order valence-electron chi connectivity index (χ1n) is 11.8. The molecule has 0 saturated carbocycles. The van der Waals surface area contributed by atoms with E-state index in [0.29, 0.717) is 25.1 Å². The Morgan fingerprint density at radius 2 is 1.27 bits per heavy atom. The Hall–Kier alpha value is -3.72. The van der Waals surface area contributed by atoms with Crippen LogP contribution >= 0.6 is 12.2 Å². The van der Waals surface area contributed by atoms with E-state index in [1.165, 1.54) is 0 Å². The van der Waals surface area contributed by atoms with Crippen LogP contribution in [0.2, 0.25) is 0 Å². The van der Waals surface area contributed by atoms with Crippen LogP contribution in [0.1, 0.15) is 28.8 Å². The molecule has 0 aliphatic carbocycles. The van der Waals surface area contributed by atoms with Crippen LogP contribution in [0.3, 0.4) is 0 Å². The second-order valence-corrected chi connectivity index (χ2v) is 8.92. The lowest BCUT2D eigenvalue weighted by Crippen LogP contribution is -2.40. The molecule has 3 aromatic carbocycles. The Balaban J connectivity index is 1.64. The van der Waals surface area contributed by atoms with Crippen LogP contribution in [0.5, 0.6) is 0 Å². The molecule has 0 spiro atoms. The molecule has 1 aromatic heterocycles. The normalized spacial score (nSPS) is 11.8. The number of nitrogens with one attached hydrogen (secondary N) is 2. The van der Waals surface area contributed by atoms with Crippen LogP contribution in [0, 0.1) is 6.08 Å². The topological polar surface area (TPSA) is 41.9 Å². The maximum atomic E-state index is 15.7. The van der Waals surface area contributed by atoms with Crippen LogP contribution < -0.4 is 10.6 Å². The van der Waals surface area contributed by atoms with Crippen molar-refractivity contribution in [1.29, 1.82) is 0 Å². The van der Waals surface area contributed by atoms with Gasteiger partial charge in [0.15, 0.2) is 5.11 Å². The molecule has 0 aliphatic rings. The van der Waals surface area contributed by atoms with Gasteiger partial charge in [-0.05, 0) is 41.7 Å². The molecule has 0 amide bonds. The summed E-state index contributed by atoms with van der Waals surface area (Å²) in [5.74, 6) is 0. The summed E-state index contributed by atoms with van der Waals surface area (Å²) in [6.45, 7) is -0.881. The number of imidazole rings is 1. The smallest absolute Gasteiger partial charge is 0.363 e. The summed E-state index contributed by atoms with van der Waals surface area (Å²) >= 11 is 4.89. The lowest BCUT2D eigenvalue weighted by Gasteiger charge is -2.37. The number of aromatic nitrogens is 2. The van der Waals surface area contributed by atoms with Crippen molar-refractivity contribution >= 4 is 17.3 Å². The van der Waals surface area contributed by atoms with E-state index >= 15 is 4.39 Å². The number of halogens is 4. The van der Waals surface area contributed by atoms with Crippen LogP contribution in [0.4, 0.5) is 17.6 Å². The first kappa shape index (κ1) is 26.3. The van der Waals surface area contributed by atoms with E-state index in [1.807, 2.05) is 91.0 Å². The van der Waals surface area contributed by atoms with E-state index in [9.17, 15) is 13.2 Å². The molecule has 4 rings (SSSR count). The molecule has 0 aliphatic heterocycles. The first-order valence-corrected chi connectivity index (χ1v) is 12.2. The third-order valence-corrected chi connectivity index (χ3v) is 6.28. The van der Waals surface area contributed by atoms with Crippen LogP contribution in [-0.4, -0.2) is 33.9 Å². The minimum Gasteiger partial charge on any atom is -0.363 e. The Morgan fingerprint density at radius 1 is 0.784 bits per heavy atom. The zero-order chi connectivity index (χ0) is 26.3. The van der Waals surface area contributed by atoms with Gasteiger partial charge in [-0.2, -0.15) is 17.6 Å². The highest BCUT2D eigenvalue weighted by molar-refractivity contribution is 7.80. The number of nitrogens with zero attached hydrogens (tertiary/aromatic N) is 2. The second kappa shape index (κ2) is 11.6. The molecule has 2 N–H and O–H groups in total. The van der Waals surface area contributed by atoms with Crippen molar-refractivity contribution in [3.63, 3.8) is 0 Å². The Morgan fingerprint density at radius 3 is 1.73 bits per heavy atom. The molecule has 0 unspecified atom stereocenters. The highest BCUT2D eigenvalue weighted by Crippen LogP contribution is 2.41. The highest BCUT2D eigenvalue weighted by atomic mass is 32.1. The van der Waals surface area contributed by atoms with Gasteiger partial charge < -0.3 is 10.6 Å². The van der Waals surface area contributed by atoms with E-state index < -0.39 is 24.3 Å². The van der Waals surface area contributed by atoms with Gasteiger partial charge in [0.05, 0.1) is 5.69 Å². The summed E-state index contributed by atoms with van der Waals surface area (Å²) < 4.78 is 54.3. The lowest BCUT2D eigenvalue weighted by atomic mass is 9.76. The fraction of sp³-hybridized carbons (Fsp3) is 0.214. The minimum absolute atomic E-state index is 0.0784. The largest absolute Gasteiger partial charge is 0.405 e. The molecule has 1 heterocycles. The fourth-order valence-electron chi connectivity index (χ4n) is 4.43. The Labute approximate surface area is 218 Å². The van der Waals surface area contributed by atoms with Crippen molar-refractivity contribution in [2.75, 3.05) is 13.1 Å². The maximum absolute atomic E-state index is 15.7. The monoisotopic (exact) mass is 526 g/mol. The van der Waals surface area contributed by atoms with E-state index in [4.69, 9.17) is 12.2 Å². The number of benzene rings is 3. The van der Waals surface area contributed by atoms with Gasteiger partial charge >= 0.3 is 6.18 Å². The number of rotatable bonds is 9. The standard InChI is InChI=1S/C28H26F4N4S/c29-25-35-24(17-10-18-33-26(37)34-20-27(30,31)32)19-36(25)28(21-11-4-1-5-12-21,22-13-6-2-7-14-22)23-15-8-3-9-16-23/h1-9,11-16,19H,10,17-18,20H2,(H2,33,34,37). The first-order chi connectivity index (χ1) is 17.8. The van der Waals surface area contributed by atoms with Gasteiger partial charge in [0, 0.05) is 12.7 Å². The number of aryl methyl sites for hydroxylation is 1. The van der Waals surface area contributed by atoms with Gasteiger partial charge in [0.25, 0.3) is 6.08 Å². The third-order valence-electron chi connectivity index (χ3n) is 5.99. The zero-order valence-electron chi connectivity index (χ0n) is 19.9. The average molecular weight is 527 g/mol. The summed E-state index contributed by atoms with van der Waals surface area (Å²) in [5, 5.41) is 4.79. The molecule has 0 fully saturated rings. The number of alkyl halides is 3. The Bertz CT molecular complexity index is 1200. The van der Waals surface area contributed by atoms with Gasteiger partial charge in [-0.15, -0.1) is 0 Å². The molecule has 4 nitrogen and oxygen atoms in total. The molecule has 4 aromatic rings. The fourth-order valence-corrected chi connectivity index (χ4v) is 4.60. The molecule has 9 heteroatoms. The van der Waals surface area contributed by atoms with Crippen LogP contribution in [0.15, 0.2) is 97.2 Å². The summed E-state index contributed by atoms with van der Waals surface area (Å²) in [4.78, 5) is 4.21. The van der Waals surface area contributed by atoms with Crippen molar-refractivity contribution in [1.82, 2.24) is 20.2 Å². The Kier molecular flexibility index (Phi) is 8.23. The number of thiocarbonyl (C=S) groups is 1. The van der Waals surface area contributed by atoms with Gasteiger partial charge in [0.1, 0.15) is 12.1 Å². The summed E-state index contributed by atoms with van der Waals surface area (Å²) in [6, 6.07) is 29.1. The summed E-state index contributed by atoms with van der Waals surface area (Å²) in [5.41, 5.74) is 2.13. The van der Waals surface area contributed by atoms with Gasteiger partial charge in [-0.1, -0.05) is 91.0 Å². The predicted octanol–water partition coefficient (Wildman–Crippen LogP) is 5.82. The van der Waals surface area contributed by atoms with E-state index in [1.54, 1.807) is 10.8 Å². The highest BCUT2D eigenvalue weighted by Gasteiger charge is 2.40. The third kappa shape index (κ3) is 6.17. The van der Waals surface area contributed by atoms with E-state index in [-0.39, 0.29) is 5.11 Å². The van der Waals surface area contributed by atoms with Crippen molar-refractivity contribution in [2.45, 2.75) is 24.6 Å². The molecule has 0 radical (unpaired) electrons. The van der Waals surface area contributed by atoms with Crippen LogP contribution in [-0.2, 0) is 12.0 Å². The lowest BCUT2D eigenvalue weighted by molar-refractivity contribution is -0.122. The SMILES string of the molecule is Fc1nc(CCCNC(=S)NCC(F)(F)F)cn1C(c1ccccc1)(c1ccccc1)c1ccccc1. The van der Waals surface area contributed by atoms with Crippen molar-refractivity contribution in [3.05, 3.63) is 126 Å². The molecular formula is C28H26F4N4S. The second-order valence-electron chi connectivity index (χ2n) is 8.51. The van der Waals surface area contributed by atoms with Gasteiger partial charge in [-0.25, -0.2) is 4.98 Å². The molecule has 0 atom stereocenters. The van der Waals surface area contributed by atoms with E-state index in [2.05, 4.69) is 15.6 Å². The molecule has 37 heavy (non-hydrogen) atoms. The minimum atomic E-state index is -4.35. The maximum Gasteiger partial charge on any atom is 0.405 e. The molecular weight excluding hydrogens is 500 g/mol.